The summed E-state index contributed by atoms with van der Waals surface area (Å²) >= 11 is 0. The molecule has 10 fully saturated rings. The van der Waals surface area contributed by atoms with Crippen molar-refractivity contribution in [1.82, 2.24) is 0 Å². The molecule has 6 heterocycles. The fourth-order valence-corrected chi connectivity index (χ4v) is 15.9. The number of rotatable bonds is 11. The van der Waals surface area contributed by atoms with Gasteiger partial charge in [0.05, 0.1) is 45.2 Å². The lowest BCUT2D eigenvalue weighted by atomic mass is 9.44. The molecule has 4 aliphatic carbocycles. The second-order valence-electron chi connectivity index (χ2n) is 23.9. The van der Waals surface area contributed by atoms with Gasteiger partial charge in [-0.2, -0.15) is 0 Å². The molecule has 72 heavy (non-hydrogen) atoms. The minimum atomic E-state index is -2.00. The molecule has 0 radical (unpaired) electrons. The van der Waals surface area contributed by atoms with E-state index in [9.17, 15) is 61.3 Å². The van der Waals surface area contributed by atoms with Crippen LogP contribution in [0.3, 0.4) is 0 Å². The Balaban J connectivity index is 0.812. The number of fused-ring (bicyclic) bond motifs is 7. The standard InChI is InChI=1S/C50H82O22/c1-20-7-12-50(64-18-20)21(2)32-28(72-50)14-26-24-6-5-22-13-23(8-10-48(22,3)25(24)9-11-49(26,32)4)65-45-40(62)37(59)41(31(17-53)68-45)69-47-43(71-46-39(61)36(58)34(56)29(15-51)66-46)42(35(57)30(16-52)67-47)70-44-38(60)33(55)27(54)19-63-44/h20-47,51-62H,5-19H2,1-4H3/t20-,21-,22-,23-,24+,25-,26-,27+,28-,29+,30+,31+,32-,33-,34+,35+,36-,37+,38+,39+,40+,41-,42-,43+,44-,45+,46-,47-,48-,49-,50+/m0/s1. The number of aliphatic hydroxyl groups is 12. The van der Waals surface area contributed by atoms with Gasteiger partial charge >= 0.3 is 0 Å². The summed E-state index contributed by atoms with van der Waals surface area (Å²) in [6, 6.07) is 0. The van der Waals surface area contributed by atoms with E-state index >= 15 is 0 Å². The van der Waals surface area contributed by atoms with Crippen molar-refractivity contribution < 1.29 is 109 Å². The van der Waals surface area contributed by atoms with Gasteiger partial charge in [-0.25, -0.2) is 0 Å². The van der Waals surface area contributed by atoms with E-state index < -0.39 is 149 Å². The predicted molar refractivity (Wildman–Crippen MR) is 242 cm³/mol. The van der Waals surface area contributed by atoms with Gasteiger partial charge in [-0.15, -0.1) is 0 Å². The lowest BCUT2D eigenvalue weighted by molar-refractivity contribution is -0.404. The van der Waals surface area contributed by atoms with E-state index in [-0.39, 0.29) is 23.0 Å². The minimum absolute atomic E-state index is 0.0916. The molecule has 0 bridgehead atoms. The maximum Gasteiger partial charge on any atom is 0.187 e. The van der Waals surface area contributed by atoms with Crippen LogP contribution >= 0.6 is 0 Å². The third-order valence-corrected chi connectivity index (χ3v) is 20.0. The van der Waals surface area contributed by atoms with Crippen LogP contribution in [0.1, 0.15) is 91.9 Å². The first-order valence-electron chi connectivity index (χ1n) is 26.7. The second-order valence-corrected chi connectivity index (χ2v) is 23.9. The number of hydrogen-bond donors (Lipinski definition) is 12. The van der Waals surface area contributed by atoms with Gasteiger partial charge in [0.1, 0.15) is 91.6 Å². The molecule has 4 saturated carbocycles. The summed E-state index contributed by atoms with van der Waals surface area (Å²) in [4.78, 5) is 0. The van der Waals surface area contributed by atoms with Crippen LogP contribution in [0.5, 0.6) is 0 Å². The molecule has 22 nitrogen and oxygen atoms in total. The number of ether oxygens (including phenoxy) is 10. The van der Waals surface area contributed by atoms with Gasteiger partial charge in [0.25, 0.3) is 0 Å². The van der Waals surface area contributed by atoms with Crippen LogP contribution in [-0.2, 0) is 47.4 Å². The molecule has 0 unspecified atom stereocenters. The van der Waals surface area contributed by atoms with Crippen molar-refractivity contribution >= 4 is 0 Å². The molecule has 0 aromatic carbocycles. The Kier molecular flexibility index (Phi) is 15.9. The molecule has 6 aliphatic heterocycles. The first-order valence-corrected chi connectivity index (χ1v) is 26.7. The van der Waals surface area contributed by atoms with Crippen molar-refractivity contribution in [3.8, 4) is 0 Å². The summed E-state index contributed by atoms with van der Waals surface area (Å²) < 4.78 is 61.4. The SMILES string of the molecule is C[C@H]1CC[C@@]2(OC1)O[C@H]1C[C@H]3[C@@H]4CC[C@H]5C[C@@H](O[C@@H]6O[C@H](CO)[C@H](O[C@@H]7O[C@H](CO)[C@@H](O)[C@H](O[C@@H]8OC[C@@H](O)[C@H](O)[C@H]8O)[C@H]7O[C@@H]7O[C@H](CO)[C@@H](O)[C@H](O)[C@H]7O)[C@H](O)[C@H]6O)CC[C@]5(C)[C@H]4CC[C@]3(C)[C@H]1[C@@H]2C. The van der Waals surface area contributed by atoms with E-state index in [1.165, 1.54) is 12.8 Å². The molecule has 1 spiro atoms. The summed E-state index contributed by atoms with van der Waals surface area (Å²) in [7, 11) is 0. The molecule has 0 aromatic heterocycles. The zero-order valence-electron chi connectivity index (χ0n) is 41.7. The quantitative estimate of drug-likeness (QED) is 0.0971. The molecule has 31 atom stereocenters. The summed E-state index contributed by atoms with van der Waals surface area (Å²) in [6.45, 7) is 7.42. The van der Waals surface area contributed by atoms with Crippen molar-refractivity contribution in [2.45, 2.75) is 227 Å². The molecule has 414 valence electrons. The monoisotopic (exact) mass is 1030 g/mol. The van der Waals surface area contributed by atoms with Crippen molar-refractivity contribution in [3.05, 3.63) is 0 Å². The molecular formula is C50H82O22. The average molecular weight is 1040 g/mol. The first-order chi connectivity index (χ1) is 34.3. The van der Waals surface area contributed by atoms with Gasteiger partial charge in [-0.05, 0) is 104 Å². The lowest BCUT2D eigenvalue weighted by Gasteiger charge is -2.61. The van der Waals surface area contributed by atoms with Crippen molar-refractivity contribution in [1.29, 1.82) is 0 Å². The Morgan fingerprint density at radius 1 is 0.514 bits per heavy atom. The van der Waals surface area contributed by atoms with E-state index in [2.05, 4.69) is 27.7 Å². The van der Waals surface area contributed by atoms with Crippen LogP contribution < -0.4 is 0 Å². The Morgan fingerprint density at radius 2 is 1.14 bits per heavy atom. The van der Waals surface area contributed by atoms with E-state index in [1.54, 1.807) is 0 Å². The zero-order chi connectivity index (χ0) is 51.3. The number of aliphatic hydroxyl groups excluding tert-OH is 12. The fourth-order valence-electron chi connectivity index (χ4n) is 15.9. The van der Waals surface area contributed by atoms with E-state index in [1.807, 2.05) is 0 Å². The Bertz CT molecular complexity index is 1830. The van der Waals surface area contributed by atoms with E-state index in [0.717, 1.165) is 51.6 Å². The average Bonchev–Trinajstić information content (AvgIpc) is 3.82. The molecule has 10 aliphatic rings. The Hall–Kier alpha value is -0.880. The minimum Gasteiger partial charge on any atom is -0.394 e. The number of hydrogen-bond acceptors (Lipinski definition) is 22. The third-order valence-electron chi connectivity index (χ3n) is 20.0. The largest absolute Gasteiger partial charge is 0.394 e. The normalized spacial score (nSPS) is 57.8. The van der Waals surface area contributed by atoms with Gasteiger partial charge in [0, 0.05) is 12.3 Å². The topological polar surface area (TPSA) is 335 Å². The van der Waals surface area contributed by atoms with Gasteiger partial charge in [-0.1, -0.05) is 27.7 Å². The maximum atomic E-state index is 11.8. The smallest absolute Gasteiger partial charge is 0.187 e. The van der Waals surface area contributed by atoms with Gasteiger partial charge in [-0.3, -0.25) is 0 Å². The summed E-state index contributed by atoms with van der Waals surface area (Å²) in [5.74, 6) is 3.06. The second kappa shape index (κ2) is 21.1. The molecule has 10 rings (SSSR count). The lowest BCUT2D eigenvalue weighted by Crippen LogP contribution is -2.68. The highest BCUT2D eigenvalue weighted by molar-refractivity contribution is 5.15. The maximum absolute atomic E-state index is 11.8. The molecule has 0 amide bonds. The van der Waals surface area contributed by atoms with Crippen molar-refractivity contribution in [2.24, 2.45) is 52.3 Å². The van der Waals surface area contributed by atoms with Gasteiger partial charge in [0.2, 0.25) is 0 Å². The van der Waals surface area contributed by atoms with E-state index in [0.29, 0.717) is 47.8 Å². The van der Waals surface area contributed by atoms with Crippen LogP contribution in [0.4, 0.5) is 0 Å². The molecule has 22 heteroatoms. The summed E-state index contributed by atoms with van der Waals surface area (Å²) in [5.41, 5.74) is 0.293. The molecular weight excluding hydrogens is 953 g/mol. The zero-order valence-corrected chi connectivity index (χ0v) is 41.7. The van der Waals surface area contributed by atoms with Crippen molar-refractivity contribution in [2.75, 3.05) is 33.0 Å². The highest BCUT2D eigenvalue weighted by atomic mass is 16.8. The van der Waals surface area contributed by atoms with Gasteiger partial charge < -0.3 is 109 Å². The first kappa shape index (κ1) is 54.5. The third kappa shape index (κ3) is 9.26. The molecule has 12 N–H and O–H groups in total. The van der Waals surface area contributed by atoms with E-state index in [4.69, 9.17) is 47.4 Å². The highest BCUT2D eigenvalue weighted by Crippen LogP contribution is 2.71. The van der Waals surface area contributed by atoms with Crippen LogP contribution in [0, 0.1) is 52.3 Å². The van der Waals surface area contributed by atoms with Crippen molar-refractivity contribution in [3.63, 3.8) is 0 Å². The Morgan fingerprint density at radius 3 is 1.85 bits per heavy atom. The molecule has 0 aromatic rings. The summed E-state index contributed by atoms with van der Waals surface area (Å²) in [6.07, 6.45) is -22.9. The molecule has 6 saturated heterocycles. The van der Waals surface area contributed by atoms with Crippen LogP contribution in [-0.4, -0.2) is 229 Å². The van der Waals surface area contributed by atoms with Crippen LogP contribution in [0.2, 0.25) is 0 Å². The highest BCUT2D eigenvalue weighted by Gasteiger charge is 2.69. The Labute approximate surface area is 419 Å². The van der Waals surface area contributed by atoms with Crippen LogP contribution in [0.15, 0.2) is 0 Å². The van der Waals surface area contributed by atoms with Gasteiger partial charge in [0.15, 0.2) is 30.9 Å². The predicted octanol–water partition coefficient (Wildman–Crippen LogP) is -2.27. The fraction of sp³-hybridized carbons (Fsp3) is 1.00. The van der Waals surface area contributed by atoms with Crippen LogP contribution in [0.25, 0.3) is 0 Å². The summed E-state index contributed by atoms with van der Waals surface area (Å²) in [5, 5.41) is 129.